The van der Waals surface area contributed by atoms with Crippen molar-refractivity contribution in [3.8, 4) is 29.4 Å². The van der Waals surface area contributed by atoms with Crippen LogP contribution in [0.4, 0.5) is 5.82 Å². The van der Waals surface area contributed by atoms with E-state index < -0.39 is 11.7 Å². The Morgan fingerprint density at radius 3 is 2.59 bits per heavy atom. The van der Waals surface area contributed by atoms with Crippen LogP contribution in [0.5, 0.6) is 11.5 Å². The largest absolute Gasteiger partial charge is 0.457 e. The number of nitrogens with two attached hydrogens (primary N) is 1. The number of amides is 1. The van der Waals surface area contributed by atoms with Gasteiger partial charge in [0.05, 0.1) is 39.8 Å². The highest BCUT2D eigenvalue weighted by Crippen LogP contribution is 2.31. The van der Waals surface area contributed by atoms with Gasteiger partial charge < -0.3 is 15.5 Å². The van der Waals surface area contributed by atoms with Crippen LogP contribution in [-0.2, 0) is 0 Å². The number of halogens is 2. The van der Waals surface area contributed by atoms with E-state index in [0.717, 1.165) is 0 Å². The fraction of sp³-hybridized carbons (Fsp3) is 0. The van der Waals surface area contributed by atoms with Gasteiger partial charge in [0.1, 0.15) is 17.3 Å². The fourth-order valence-corrected chi connectivity index (χ4v) is 4.13. The van der Waals surface area contributed by atoms with E-state index in [1.165, 1.54) is 10.9 Å². The molecule has 0 saturated heterocycles. The van der Waals surface area contributed by atoms with E-state index >= 15 is 0 Å². The molecule has 0 radical (unpaired) electrons. The number of carbonyl (C=O) groups is 2. The monoisotopic (exact) mass is 557 g/mol. The molecule has 12 heteroatoms. The molecule has 0 fully saturated rings. The number of rotatable bonds is 6. The Bertz CT molecular complexity index is 1830. The van der Waals surface area contributed by atoms with Gasteiger partial charge in [0.2, 0.25) is 5.78 Å². The number of hydrogen-bond acceptors (Lipinski definition) is 7. The summed E-state index contributed by atoms with van der Waals surface area (Å²) in [4.78, 5) is 28.2. The molecule has 5 rings (SSSR count). The third-order valence-corrected chi connectivity index (χ3v) is 6.00. The molecule has 0 aliphatic heterocycles. The molecule has 0 saturated carbocycles. The lowest BCUT2D eigenvalue weighted by molar-refractivity contribution is 0.0972. The zero-order chi connectivity index (χ0) is 26.8. The molecule has 10 nitrogen and oxygen atoms in total. The molecule has 1 amide bonds. The molecular weight excluding hydrogens is 541 g/mol. The van der Waals surface area contributed by atoms with E-state index in [-0.39, 0.29) is 40.1 Å². The highest BCUT2D eigenvalue weighted by atomic mass is 35.5. The Kier molecular flexibility index (Phi) is 7.54. The Hall–Kier alpha value is -5.29. The molecule has 39 heavy (non-hydrogen) atoms. The van der Waals surface area contributed by atoms with E-state index in [2.05, 4.69) is 21.5 Å². The number of benzene rings is 3. The second kappa shape index (κ2) is 11.0. The van der Waals surface area contributed by atoms with E-state index in [0.29, 0.717) is 33.7 Å². The standard InChI is InChI=1S/C27H16ClN7O3.ClH/c28-21-11-19(38-18-3-1-2-15(8-18)12-29)5-7-24(21)35-26(31)20(13-33-35)25(36)23-10-17-9-16(27(37)32-14-30)4-6-22(17)34-23;/h1-11,13,34H,31H2,(H,32,37);1H. The summed E-state index contributed by atoms with van der Waals surface area (Å²) in [6, 6.07) is 20.0. The summed E-state index contributed by atoms with van der Waals surface area (Å²) in [5, 5.41) is 24.9. The van der Waals surface area contributed by atoms with Crippen molar-refractivity contribution in [2.45, 2.75) is 0 Å². The van der Waals surface area contributed by atoms with Crippen molar-refractivity contribution in [3.05, 3.63) is 100 Å². The van der Waals surface area contributed by atoms with Crippen LogP contribution < -0.4 is 15.8 Å². The maximum Gasteiger partial charge on any atom is 0.264 e. The highest BCUT2D eigenvalue weighted by Gasteiger charge is 2.21. The number of anilines is 1. The van der Waals surface area contributed by atoms with E-state index in [4.69, 9.17) is 32.6 Å². The molecule has 0 unspecified atom stereocenters. The molecule has 0 aliphatic rings. The van der Waals surface area contributed by atoms with Crippen molar-refractivity contribution in [2.75, 3.05) is 5.73 Å². The zero-order valence-electron chi connectivity index (χ0n) is 19.8. The summed E-state index contributed by atoms with van der Waals surface area (Å²) in [5.41, 5.74) is 8.51. The smallest absolute Gasteiger partial charge is 0.264 e. The number of nitrogens with zero attached hydrogens (tertiary/aromatic N) is 4. The summed E-state index contributed by atoms with van der Waals surface area (Å²) in [7, 11) is 0. The van der Waals surface area contributed by atoms with Crippen LogP contribution in [0.15, 0.2) is 72.9 Å². The predicted molar refractivity (Wildman–Crippen MR) is 146 cm³/mol. The first-order valence-corrected chi connectivity index (χ1v) is 11.4. The Morgan fingerprint density at radius 1 is 1.05 bits per heavy atom. The van der Waals surface area contributed by atoms with Gasteiger partial charge in [0.15, 0.2) is 6.19 Å². The van der Waals surface area contributed by atoms with Gasteiger partial charge in [0.25, 0.3) is 5.91 Å². The van der Waals surface area contributed by atoms with Gasteiger partial charge in [-0.2, -0.15) is 15.6 Å². The average molecular weight is 558 g/mol. The van der Waals surface area contributed by atoms with Crippen LogP contribution in [0.2, 0.25) is 5.02 Å². The van der Waals surface area contributed by atoms with Crippen LogP contribution >= 0.6 is 24.0 Å². The summed E-state index contributed by atoms with van der Waals surface area (Å²) in [6.07, 6.45) is 2.94. The van der Waals surface area contributed by atoms with Crippen LogP contribution in [0, 0.1) is 22.8 Å². The Labute approximate surface area is 232 Å². The normalized spacial score (nSPS) is 10.2. The van der Waals surface area contributed by atoms with E-state index in [1.807, 2.05) is 0 Å². The van der Waals surface area contributed by atoms with Crippen molar-refractivity contribution in [1.29, 1.82) is 10.5 Å². The van der Waals surface area contributed by atoms with Gasteiger partial charge in [-0.1, -0.05) is 17.7 Å². The number of fused-ring (bicyclic) bond motifs is 1. The van der Waals surface area contributed by atoms with E-state index in [9.17, 15) is 9.59 Å². The van der Waals surface area contributed by atoms with Crippen molar-refractivity contribution < 1.29 is 14.3 Å². The maximum atomic E-state index is 13.2. The van der Waals surface area contributed by atoms with Crippen molar-refractivity contribution >= 4 is 52.4 Å². The molecular formula is C27H17Cl2N7O3. The number of H-pyrrole nitrogens is 1. The molecule has 0 bridgehead atoms. The third kappa shape index (κ3) is 5.24. The van der Waals surface area contributed by atoms with Gasteiger partial charge >= 0.3 is 0 Å². The quantitative estimate of drug-likeness (QED) is 0.148. The van der Waals surface area contributed by atoms with Crippen LogP contribution in [0.3, 0.4) is 0 Å². The van der Waals surface area contributed by atoms with Gasteiger partial charge in [-0.15, -0.1) is 12.4 Å². The van der Waals surface area contributed by atoms with Crippen LogP contribution in [0.1, 0.15) is 32.0 Å². The molecule has 4 N–H and O–H groups in total. The molecule has 5 aromatic rings. The number of hydrogen-bond donors (Lipinski definition) is 3. The average Bonchev–Trinajstić information content (AvgIpc) is 3.52. The molecule has 0 atom stereocenters. The minimum Gasteiger partial charge on any atom is -0.457 e. The highest BCUT2D eigenvalue weighted by molar-refractivity contribution is 6.32. The first-order valence-electron chi connectivity index (χ1n) is 11.1. The van der Waals surface area contributed by atoms with Crippen molar-refractivity contribution in [2.24, 2.45) is 0 Å². The van der Waals surface area contributed by atoms with Crippen LogP contribution in [0.25, 0.3) is 16.6 Å². The van der Waals surface area contributed by atoms with Crippen molar-refractivity contribution in [3.63, 3.8) is 0 Å². The lowest BCUT2D eigenvalue weighted by Crippen LogP contribution is -2.16. The molecule has 0 spiro atoms. The van der Waals surface area contributed by atoms with Gasteiger partial charge in [0, 0.05) is 22.5 Å². The number of ketones is 1. The zero-order valence-corrected chi connectivity index (χ0v) is 21.4. The topological polar surface area (TPSA) is 163 Å². The number of nitrogens with one attached hydrogen (secondary N) is 2. The molecule has 2 heterocycles. The molecule has 3 aromatic carbocycles. The number of aromatic amines is 1. The third-order valence-electron chi connectivity index (χ3n) is 5.69. The summed E-state index contributed by atoms with van der Waals surface area (Å²) in [6.45, 7) is 0. The van der Waals surface area contributed by atoms with Gasteiger partial charge in [-0.3, -0.25) is 14.9 Å². The SMILES string of the molecule is Cl.N#CNC(=O)c1ccc2[nH]c(C(=O)c3cnn(-c4ccc(Oc5cccc(C#N)c5)cc4Cl)c3N)cc2c1. The number of nitriles is 2. The minimum atomic E-state index is -0.544. The predicted octanol–water partition coefficient (Wildman–Crippen LogP) is 5.12. The Balaban J connectivity index is 0.00000353. The maximum absolute atomic E-state index is 13.2. The second-order valence-electron chi connectivity index (χ2n) is 8.09. The van der Waals surface area contributed by atoms with Crippen LogP contribution in [-0.4, -0.2) is 26.5 Å². The summed E-state index contributed by atoms with van der Waals surface area (Å²) < 4.78 is 7.14. The minimum absolute atomic E-state index is 0. The molecule has 192 valence electrons. The van der Waals surface area contributed by atoms with Crippen molar-refractivity contribution in [1.82, 2.24) is 20.1 Å². The molecule has 2 aromatic heterocycles. The second-order valence-corrected chi connectivity index (χ2v) is 8.50. The van der Waals surface area contributed by atoms with E-state index in [1.54, 1.807) is 72.9 Å². The van der Waals surface area contributed by atoms with Gasteiger partial charge in [-0.25, -0.2) is 4.68 Å². The summed E-state index contributed by atoms with van der Waals surface area (Å²) >= 11 is 6.49. The lowest BCUT2D eigenvalue weighted by Gasteiger charge is -2.10. The number of carbonyl (C=O) groups excluding carboxylic acids is 2. The number of aromatic nitrogens is 3. The number of nitrogen functional groups attached to an aromatic ring is 1. The number of ether oxygens (including phenoxy) is 1. The molecule has 0 aliphatic carbocycles. The van der Waals surface area contributed by atoms with Gasteiger partial charge in [-0.05, 0) is 54.6 Å². The summed E-state index contributed by atoms with van der Waals surface area (Å²) in [5.74, 6) is 0.0618. The lowest BCUT2D eigenvalue weighted by atomic mass is 10.1. The Morgan fingerprint density at radius 2 is 1.85 bits per heavy atom. The first kappa shape index (κ1) is 26.8. The first-order chi connectivity index (χ1) is 18.4. The fourth-order valence-electron chi connectivity index (χ4n) is 3.88.